The number of methoxy groups -OCH3 is 2. The molecule has 0 aliphatic carbocycles. The van der Waals surface area contributed by atoms with Crippen molar-refractivity contribution in [1.29, 1.82) is 0 Å². The molecule has 2 unspecified atom stereocenters. The average molecular weight is 507 g/mol. The molecule has 0 saturated heterocycles. The number of ether oxygens (including phenoxy) is 3. The Kier molecular flexibility index (Phi) is 8.97. The minimum Gasteiger partial charge on any atom is -0.466 e. The quantitative estimate of drug-likeness (QED) is 0.296. The van der Waals surface area contributed by atoms with E-state index in [1.54, 1.807) is 27.0 Å². The Morgan fingerprint density at radius 1 is 1.03 bits per heavy atom. The van der Waals surface area contributed by atoms with Crippen LogP contribution in [-0.2, 0) is 23.8 Å². The van der Waals surface area contributed by atoms with E-state index in [0.717, 1.165) is 11.1 Å². The van der Waals surface area contributed by atoms with Crippen molar-refractivity contribution < 1.29 is 28.7 Å². The monoisotopic (exact) mass is 506 g/mol. The number of non-ortho nitro benzene ring substituents is 1. The van der Waals surface area contributed by atoms with E-state index in [1.807, 2.05) is 43.3 Å². The summed E-state index contributed by atoms with van der Waals surface area (Å²) in [5.74, 6) is -2.25. The molecule has 194 valence electrons. The Labute approximate surface area is 215 Å². The van der Waals surface area contributed by atoms with Crippen LogP contribution < -0.4 is 5.32 Å². The topological polar surface area (TPSA) is 117 Å². The molecule has 0 radical (unpaired) electrons. The molecule has 1 N–H and O–H groups in total. The lowest BCUT2D eigenvalue weighted by Crippen LogP contribution is -2.32. The lowest BCUT2D eigenvalue weighted by atomic mass is 9.80. The zero-order chi connectivity index (χ0) is 27.1. The predicted octanol–water partition coefficient (Wildman–Crippen LogP) is 4.66. The highest BCUT2D eigenvalue weighted by molar-refractivity contribution is 6.00. The summed E-state index contributed by atoms with van der Waals surface area (Å²) < 4.78 is 16.2. The molecule has 0 amide bonds. The van der Waals surface area contributed by atoms with E-state index in [-0.39, 0.29) is 29.5 Å². The van der Waals surface area contributed by atoms with Crippen LogP contribution in [0.3, 0.4) is 0 Å². The van der Waals surface area contributed by atoms with Crippen LogP contribution in [0, 0.1) is 10.1 Å². The lowest BCUT2D eigenvalue weighted by Gasteiger charge is -2.30. The maximum atomic E-state index is 13.5. The third-order valence-corrected chi connectivity index (χ3v) is 6.20. The van der Waals surface area contributed by atoms with Gasteiger partial charge in [0.2, 0.25) is 0 Å². The van der Waals surface area contributed by atoms with Crippen LogP contribution in [0.5, 0.6) is 0 Å². The minimum absolute atomic E-state index is 0.0581. The molecule has 9 nitrogen and oxygen atoms in total. The first kappa shape index (κ1) is 27.3. The van der Waals surface area contributed by atoms with Crippen LogP contribution >= 0.6 is 0 Å². The number of rotatable bonds is 9. The number of esters is 2. The average Bonchev–Trinajstić information content (AvgIpc) is 2.90. The second-order valence-electron chi connectivity index (χ2n) is 8.56. The van der Waals surface area contributed by atoms with Crippen LogP contribution in [0.1, 0.15) is 37.8 Å². The Hall–Kier alpha value is -4.24. The summed E-state index contributed by atoms with van der Waals surface area (Å²) >= 11 is 0. The van der Waals surface area contributed by atoms with Gasteiger partial charge in [0.1, 0.15) is 6.61 Å². The molecule has 0 spiro atoms. The van der Waals surface area contributed by atoms with Gasteiger partial charge in [0, 0.05) is 30.6 Å². The second-order valence-corrected chi connectivity index (χ2v) is 8.56. The number of nitro groups is 1. The number of hydrogen-bond donors (Lipinski definition) is 1. The van der Waals surface area contributed by atoms with Crippen molar-refractivity contribution in [3.05, 3.63) is 104 Å². The highest BCUT2D eigenvalue weighted by Gasteiger charge is 2.38. The van der Waals surface area contributed by atoms with Crippen LogP contribution in [0.4, 0.5) is 5.69 Å². The van der Waals surface area contributed by atoms with E-state index in [4.69, 9.17) is 14.2 Å². The fourth-order valence-corrected chi connectivity index (χ4v) is 4.21. The van der Waals surface area contributed by atoms with Gasteiger partial charge in [0.05, 0.1) is 35.2 Å². The standard InChI is InChI=1S/C28H30N2O7/c1-17-24(27(31)36-5)26(21-12-9-13-23(15-21)30(33)34)25(18(2)29-17)28(32)37-16-22(19(3)35-4)14-20-10-7-6-8-11-20/h6-15,19,26,29H,16H2,1-5H3/b22-14+. The molecule has 1 heterocycles. The minimum atomic E-state index is -0.928. The molecule has 2 atom stereocenters. The van der Waals surface area contributed by atoms with Gasteiger partial charge >= 0.3 is 11.9 Å². The molecule has 37 heavy (non-hydrogen) atoms. The van der Waals surface area contributed by atoms with Crippen LogP contribution in [0.2, 0.25) is 0 Å². The van der Waals surface area contributed by atoms with Gasteiger partial charge in [-0.25, -0.2) is 9.59 Å². The van der Waals surface area contributed by atoms with E-state index in [9.17, 15) is 19.7 Å². The molecule has 0 saturated carbocycles. The summed E-state index contributed by atoms with van der Waals surface area (Å²) in [4.78, 5) is 37.3. The molecule has 9 heteroatoms. The summed E-state index contributed by atoms with van der Waals surface area (Å²) in [5, 5.41) is 14.5. The van der Waals surface area contributed by atoms with Crippen molar-refractivity contribution in [2.45, 2.75) is 32.8 Å². The first-order valence-corrected chi connectivity index (χ1v) is 11.6. The number of hydrogen-bond acceptors (Lipinski definition) is 8. The smallest absolute Gasteiger partial charge is 0.337 e. The van der Waals surface area contributed by atoms with Crippen molar-refractivity contribution in [3.63, 3.8) is 0 Å². The number of carbonyl (C=O) groups excluding carboxylic acids is 2. The van der Waals surface area contributed by atoms with E-state index in [1.165, 1.54) is 25.3 Å². The van der Waals surface area contributed by atoms with E-state index >= 15 is 0 Å². The third kappa shape index (κ3) is 6.31. The van der Waals surface area contributed by atoms with Crippen LogP contribution in [0.25, 0.3) is 6.08 Å². The van der Waals surface area contributed by atoms with Gasteiger partial charge < -0.3 is 19.5 Å². The maximum Gasteiger partial charge on any atom is 0.337 e. The molecule has 2 aromatic rings. The maximum absolute atomic E-state index is 13.5. The zero-order valence-corrected chi connectivity index (χ0v) is 21.4. The molecule has 2 aromatic carbocycles. The highest BCUT2D eigenvalue weighted by Crippen LogP contribution is 2.40. The van der Waals surface area contributed by atoms with Crippen molar-refractivity contribution in [3.8, 4) is 0 Å². The molecule has 1 aliphatic heterocycles. The van der Waals surface area contributed by atoms with Gasteiger partial charge in [-0.1, -0.05) is 42.5 Å². The number of carbonyl (C=O) groups is 2. The fraction of sp³-hybridized carbons (Fsp3) is 0.286. The normalized spacial score (nSPS) is 16.7. The number of dihydropyridines is 1. The molecular weight excluding hydrogens is 476 g/mol. The Bertz CT molecular complexity index is 1280. The number of nitrogens with zero attached hydrogens (tertiary/aromatic N) is 1. The van der Waals surface area contributed by atoms with Gasteiger partial charge in [0.25, 0.3) is 5.69 Å². The Morgan fingerprint density at radius 3 is 2.27 bits per heavy atom. The SMILES string of the molecule is COC(=O)C1=C(C)NC(C)=C(C(=O)OC/C(=C\c2ccccc2)C(C)OC)C1c1cccc([N+](=O)[O-])c1. The molecule has 0 bridgehead atoms. The first-order valence-electron chi connectivity index (χ1n) is 11.6. The Morgan fingerprint density at radius 2 is 1.68 bits per heavy atom. The van der Waals surface area contributed by atoms with Crippen molar-refractivity contribution >= 4 is 23.7 Å². The van der Waals surface area contributed by atoms with Gasteiger partial charge in [0.15, 0.2) is 0 Å². The molecule has 0 fully saturated rings. The fourth-order valence-electron chi connectivity index (χ4n) is 4.21. The summed E-state index contributed by atoms with van der Waals surface area (Å²) in [6, 6.07) is 15.4. The Balaban J connectivity index is 2.01. The zero-order valence-electron chi connectivity index (χ0n) is 21.4. The first-order chi connectivity index (χ1) is 17.7. The second kappa shape index (κ2) is 12.1. The van der Waals surface area contributed by atoms with Crippen molar-refractivity contribution in [1.82, 2.24) is 5.32 Å². The van der Waals surface area contributed by atoms with E-state index in [0.29, 0.717) is 17.0 Å². The molecule has 1 aliphatic rings. The largest absolute Gasteiger partial charge is 0.466 e. The molecule has 3 rings (SSSR count). The van der Waals surface area contributed by atoms with Crippen LogP contribution in [-0.4, -0.2) is 43.8 Å². The number of allylic oxidation sites excluding steroid dienone is 2. The molecule has 0 aromatic heterocycles. The van der Waals surface area contributed by atoms with E-state index in [2.05, 4.69) is 5.32 Å². The summed E-state index contributed by atoms with van der Waals surface area (Å²) in [6.45, 7) is 5.17. The summed E-state index contributed by atoms with van der Waals surface area (Å²) in [6.07, 6.45) is 1.57. The number of nitrogens with one attached hydrogen (secondary N) is 1. The third-order valence-electron chi connectivity index (χ3n) is 6.20. The number of benzene rings is 2. The van der Waals surface area contributed by atoms with Gasteiger partial charge in [-0.3, -0.25) is 10.1 Å². The summed E-state index contributed by atoms with van der Waals surface area (Å²) in [7, 11) is 2.81. The van der Waals surface area contributed by atoms with Gasteiger partial charge in [-0.15, -0.1) is 0 Å². The predicted molar refractivity (Wildman–Crippen MR) is 138 cm³/mol. The summed E-state index contributed by atoms with van der Waals surface area (Å²) in [5.41, 5.74) is 3.18. The number of nitro benzene ring substituents is 1. The van der Waals surface area contributed by atoms with Gasteiger partial charge in [-0.05, 0) is 43.5 Å². The lowest BCUT2D eigenvalue weighted by molar-refractivity contribution is -0.384. The molecular formula is C28H30N2O7. The van der Waals surface area contributed by atoms with Crippen molar-refractivity contribution in [2.24, 2.45) is 0 Å². The highest BCUT2D eigenvalue weighted by atomic mass is 16.6. The van der Waals surface area contributed by atoms with Crippen molar-refractivity contribution in [2.75, 3.05) is 20.8 Å². The van der Waals surface area contributed by atoms with Gasteiger partial charge in [-0.2, -0.15) is 0 Å². The van der Waals surface area contributed by atoms with E-state index < -0.39 is 22.8 Å². The van der Waals surface area contributed by atoms with Crippen LogP contribution in [0.15, 0.2) is 82.7 Å².